The Labute approximate surface area is 109 Å². The zero-order valence-electron chi connectivity index (χ0n) is 10.2. The van der Waals surface area contributed by atoms with E-state index in [0.29, 0.717) is 0 Å². The highest BCUT2D eigenvalue weighted by Crippen LogP contribution is 2.06. The van der Waals surface area contributed by atoms with Crippen molar-refractivity contribution in [1.29, 1.82) is 0 Å². The molecule has 2 aromatic carbocycles. The Morgan fingerprint density at radius 3 is 1.47 bits per heavy atom. The minimum atomic E-state index is 0. The first-order valence-corrected chi connectivity index (χ1v) is 5.70. The third kappa shape index (κ3) is 2.78. The summed E-state index contributed by atoms with van der Waals surface area (Å²) in [6.07, 6.45) is 3.40. The Kier molecular flexibility index (Phi) is 3.90. The molecule has 0 bridgehead atoms. The molecule has 0 aliphatic carbocycles. The molecular weight excluding hydrogens is 240 g/mol. The van der Waals surface area contributed by atoms with Gasteiger partial charge in [0.1, 0.15) is 0 Å². The molecule has 2 aromatic heterocycles. The highest BCUT2D eigenvalue weighted by atomic mass is 16.0. The molecule has 0 spiro atoms. The number of hydrogen-bond acceptors (Lipinski definition) is 2. The van der Waals surface area contributed by atoms with Gasteiger partial charge in [-0.3, -0.25) is 0 Å². The third-order valence-corrected chi connectivity index (χ3v) is 2.66. The lowest BCUT2D eigenvalue weighted by molar-refractivity contribution is 0.824. The molecule has 96 valence electrons. The first-order valence-electron chi connectivity index (χ1n) is 5.70. The summed E-state index contributed by atoms with van der Waals surface area (Å²) in [6, 6.07) is 15.9. The van der Waals surface area contributed by atoms with E-state index in [2.05, 4.69) is 19.9 Å². The van der Waals surface area contributed by atoms with E-state index in [1.54, 1.807) is 12.7 Å². The number of nitrogens with one attached hydrogen (secondary N) is 2. The second-order valence-corrected chi connectivity index (χ2v) is 3.84. The molecule has 4 N–H and O–H groups in total. The van der Waals surface area contributed by atoms with E-state index in [-0.39, 0.29) is 5.48 Å². The Morgan fingerprint density at radius 1 is 0.632 bits per heavy atom. The maximum absolute atomic E-state index is 4.06. The van der Waals surface area contributed by atoms with Crippen molar-refractivity contribution in [1.82, 2.24) is 19.9 Å². The summed E-state index contributed by atoms with van der Waals surface area (Å²) in [4.78, 5) is 14.1. The Balaban J connectivity index is 0.000000133. The van der Waals surface area contributed by atoms with Crippen molar-refractivity contribution in [2.75, 3.05) is 0 Å². The summed E-state index contributed by atoms with van der Waals surface area (Å²) >= 11 is 0. The number of fused-ring (bicyclic) bond motifs is 2. The molecule has 0 atom stereocenters. The second kappa shape index (κ2) is 5.79. The molecule has 0 fully saturated rings. The number of imidazole rings is 2. The van der Waals surface area contributed by atoms with Crippen LogP contribution in [0.2, 0.25) is 0 Å². The fraction of sp³-hybridized carbons (Fsp3) is 0. The lowest BCUT2D eigenvalue weighted by atomic mass is 10.3. The Bertz CT molecular complexity index is 633. The topological polar surface area (TPSA) is 88.9 Å². The van der Waals surface area contributed by atoms with Gasteiger partial charge in [-0.1, -0.05) is 24.3 Å². The molecule has 0 saturated heterocycles. The fourth-order valence-electron chi connectivity index (χ4n) is 1.76. The molecule has 0 aliphatic heterocycles. The van der Waals surface area contributed by atoms with E-state index in [4.69, 9.17) is 0 Å². The van der Waals surface area contributed by atoms with E-state index in [1.807, 2.05) is 48.5 Å². The Morgan fingerprint density at radius 2 is 1.05 bits per heavy atom. The molecule has 2 heterocycles. The molecule has 0 aliphatic rings. The summed E-state index contributed by atoms with van der Waals surface area (Å²) in [5.41, 5.74) is 4.24. The number of aromatic amines is 2. The first kappa shape index (κ1) is 12.8. The van der Waals surface area contributed by atoms with E-state index >= 15 is 0 Å². The van der Waals surface area contributed by atoms with Crippen LogP contribution >= 0.6 is 0 Å². The van der Waals surface area contributed by atoms with Crippen molar-refractivity contribution >= 4 is 22.1 Å². The highest BCUT2D eigenvalue weighted by molar-refractivity contribution is 5.74. The fourth-order valence-corrected chi connectivity index (χ4v) is 1.76. The molecule has 0 saturated carbocycles. The van der Waals surface area contributed by atoms with Gasteiger partial charge in [-0.2, -0.15) is 0 Å². The average molecular weight is 254 g/mol. The normalized spacial score (nSPS) is 9.68. The van der Waals surface area contributed by atoms with Crippen LogP contribution in [0, 0.1) is 0 Å². The minimum Gasteiger partial charge on any atom is -0.412 e. The minimum absolute atomic E-state index is 0. The smallest absolute Gasteiger partial charge is 0.0931 e. The summed E-state index contributed by atoms with van der Waals surface area (Å²) < 4.78 is 0. The van der Waals surface area contributed by atoms with Crippen molar-refractivity contribution in [3.8, 4) is 0 Å². The summed E-state index contributed by atoms with van der Waals surface area (Å²) in [7, 11) is 0. The standard InChI is InChI=1S/2C7H6N2.H2O/c2*1-2-4-7-6(3-1)8-5-9-7;/h2*1-5H,(H,8,9);1H2. The van der Waals surface area contributed by atoms with Crippen molar-refractivity contribution in [3.05, 3.63) is 61.2 Å². The monoisotopic (exact) mass is 254 g/mol. The number of benzene rings is 2. The van der Waals surface area contributed by atoms with Gasteiger partial charge in [0.15, 0.2) is 0 Å². The molecule has 5 nitrogen and oxygen atoms in total. The van der Waals surface area contributed by atoms with Crippen LogP contribution in [0.3, 0.4) is 0 Å². The second-order valence-electron chi connectivity index (χ2n) is 3.84. The van der Waals surface area contributed by atoms with Crippen molar-refractivity contribution in [2.45, 2.75) is 0 Å². The SMILES string of the molecule is O.c1ccc2[nH]cnc2c1.c1ccc2[nH]cnc2c1. The molecular formula is C14H14N4O. The highest BCUT2D eigenvalue weighted by Gasteiger charge is 1.89. The molecule has 5 heteroatoms. The van der Waals surface area contributed by atoms with Gasteiger partial charge in [0.2, 0.25) is 0 Å². The van der Waals surface area contributed by atoms with Crippen LogP contribution in [0.25, 0.3) is 22.1 Å². The molecule has 0 amide bonds. The molecule has 0 radical (unpaired) electrons. The van der Waals surface area contributed by atoms with Gasteiger partial charge in [-0.05, 0) is 24.3 Å². The van der Waals surface area contributed by atoms with Gasteiger partial charge in [-0.25, -0.2) is 9.97 Å². The maximum Gasteiger partial charge on any atom is 0.0931 e. The van der Waals surface area contributed by atoms with Gasteiger partial charge < -0.3 is 15.4 Å². The lowest BCUT2D eigenvalue weighted by Gasteiger charge is -1.81. The number of nitrogens with zero attached hydrogens (tertiary/aromatic N) is 2. The summed E-state index contributed by atoms with van der Waals surface area (Å²) in [6.45, 7) is 0. The Hall–Kier alpha value is -2.66. The molecule has 4 rings (SSSR count). The number of H-pyrrole nitrogens is 2. The first-order chi connectivity index (χ1) is 8.93. The van der Waals surface area contributed by atoms with Crippen LogP contribution in [0.15, 0.2) is 61.2 Å². The number of hydrogen-bond donors (Lipinski definition) is 2. The van der Waals surface area contributed by atoms with E-state index < -0.39 is 0 Å². The average Bonchev–Trinajstić information content (AvgIpc) is 3.08. The molecule has 19 heavy (non-hydrogen) atoms. The summed E-state index contributed by atoms with van der Waals surface area (Å²) in [5, 5.41) is 0. The van der Waals surface area contributed by atoms with E-state index in [1.165, 1.54) is 0 Å². The maximum atomic E-state index is 4.06. The lowest BCUT2D eigenvalue weighted by Crippen LogP contribution is -1.63. The number of para-hydroxylation sites is 4. The van der Waals surface area contributed by atoms with Crippen LogP contribution < -0.4 is 0 Å². The van der Waals surface area contributed by atoms with Crippen LogP contribution in [0.5, 0.6) is 0 Å². The zero-order chi connectivity index (χ0) is 12.2. The quantitative estimate of drug-likeness (QED) is 0.504. The van der Waals surface area contributed by atoms with Crippen molar-refractivity contribution < 1.29 is 5.48 Å². The number of aromatic nitrogens is 4. The predicted octanol–water partition coefficient (Wildman–Crippen LogP) is 2.30. The van der Waals surface area contributed by atoms with Crippen molar-refractivity contribution in [3.63, 3.8) is 0 Å². The van der Waals surface area contributed by atoms with Crippen LogP contribution in [0.4, 0.5) is 0 Å². The van der Waals surface area contributed by atoms with Gasteiger partial charge in [0, 0.05) is 0 Å². The van der Waals surface area contributed by atoms with Crippen molar-refractivity contribution in [2.24, 2.45) is 0 Å². The zero-order valence-corrected chi connectivity index (χ0v) is 10.2. The van der Waals surface area contributed by atoms with Gasteiger partial charge in [0.05, 0.1) is 34.7 Å². The van der Waals surface area contributed by atoms with Gasteiger partial charge >= 0.3 is 0 Å². The van der Waals surface area contributed by atoms with Crippen LogP contribution in [-0.4, -0.2) is 25.4 Å². The van der Waals surface area contributed by atoms with E-state index in [9.17, 15) is 0 Å². The molecule has 4 aromatic rings. The predicted molar refractivity (Wildman–Crippen MR) is 75.8 cm³/mol. The van der Waals surface area contributed by atoms with Gasteiger partial charge in [0.25, 0.3) is 0 Å². The van der Waals surface area contributed by atoms with Gasteiger partial charge in [-0.15, -0.1) is 0 Å². The largest absolute Gasteiger partial charge is 0.412 e. The van der Waals surface area contributed by atoms with Crippen LogP contribution in [-0.2, 0) is 0 Å². The van der Waals surface area contributed by atoms with E-state index in [0.717, 1.165) is 22.1 Å². The summed E-state index contributed by atoms with van der Waals surface area (Å²) in [5.74, 6) is 0. The number of rotatable bonds is 0. The van der Waals surface area contributed by atoms with Crippen LogP contribution in [0.1, 0.15) is 0 Å². The molecule has 0 unspecified atom stereocenters. The third-order valence-electron chi connectivity index (χ3n) is 2.66.